The van der Waals surface area contributed by atoms with Crippen LogP contribution in [-0.2, 0) is 4.74 Å². The lowest BCUT2D eigenvalue weighted by Crippen LogP contribution is -2.40. The Kier molecular flexibility index (Phi) is 2.99. The standard InChI is InChI=1S/C9H11NO4S/c11-9-4-6(8-2-1-3-15-8)7(5-14-9)10(12)13/h1-3,6-7,9,11H,4-5H2/t6-,7-,9+/m1/s1. The number of aliphatic hydroxyl groups is 1. The number of nitro groups is 1. The van der Waals surface area contributed by atoms with Crippen molar-refractivity contribution in [3.8, 4) is 0 Å². The fourth-order valence-corrected chi connectivity index (χ4v) is 2.68. The normalized spacial score (nSPS) is 31.4. The van der Waals surface area contributed by atoms with Crippen molar-refractivity contribution in [2.75, 3.05) is 6.61 Å². The fourth-order valence-electron chi connectivity index (χ4n) is 1.78. The zero-order valence-corrected chi connectivity index (χ0v) is 8.72. The van der Waals surface area contributed by atoms with Crippen LogP contribution in [-0.4, -0.2) is 29.0 Å². The molecule has 0 spiro atoms. The summed E-state index contributed by atoms with van der Waals surface area (Å²) in [5.41, 5.74) is 0. The Balaban J connectivity index is 2.20. The van der Waals surface area contributed by atoms with Gasteiger partial charge in [0.25, 0.3) is 0 Å². The predicted molar refractivity (Wildman–Crippen MR) is 54.4 cm³/mol. The van der Waals surface area contributed by atoms with Gasteiger partial charge in [0, 0.05) is 16.2 Å². The van der Waals surface area contributed by atoms with Crippen LogP contribution in [0.2, 0.25) is 0 Å². The van der Waals surface area contributed by atoms with Gasteiger partial charge in [-0.2, -0.15) is 0 Å². The molecule has 2 rings (SSSR count). The smallest absolute Gasteiger partial charge is 0.243 e. The highest BCUT2D eigenvalue weighted by Gasteiger charge is 2.39. The second kappa shape index (κ2) is 4.26. The van der Waals surface area contributed by atoms with E-state index < -0.39 is 12.3 Å². The number of aliphatic hydroxyl groups excluding tert-OH is 1. The molecule has 15 heavy (non-hydrogen) atoms. The maximum atomic E-state index is 10.8. The van der Waals surface area contributed by atoms with Crippen molar-refractivity contribution in [2.24, 2.45) is 0 Å². The number of hydrogen-bond donors (Lipinski definition) is 1. The van der Waals surface area contributed by atoms with E-state index in [0.717, 1.165) is 4.88 Å². The van der Waals surface area contributed by atoms with Gasteiger partial charge in [0.2, 0.25) is 6.04 Å². The maximum Gasteiger partial charge on any atom is 0.243 e. The molecule has 0 radical (unpaired) electrons. The minimum Gasteiger partial charge on any atom is -0.368 e. The molecule has 0 aliphatic carbocycles. The van der Waals surface area contributed by atoms with Crippen molar-refractivity contribution in [1.82, 2.24) is 0 Å². The molecule has 0 unspecified atom stereocenters. The Morgan fingerprint density at radius 1 is 1.67 bits per heavy atom. The molecular formula is C9H11NO4S. The van der Waals surface area contributed by atoms with E-state index >= 15 is 0 Å². The van der Waals surface area contributed by atoms with Crippen molar-refractivity contribution >= 4 is 11.3 Å². The highest BCUT2D eigenvalue weighted by atomic mass is 32.1. The van der Waals surface area contributed by atoms with Crippen molar-refractivity contribution in [1.29, 1.82) is 0 Å². The van der Waals surface area contributed by atoms with E-state index in [2.05, 4.69) is 0 Å². The van der Waals surface area contributed by atoms with Gasteiger partial charge in [-0.15, -0.1) is 11.3 Å². The molecule has 1 saturated heterocycles. The molecule has 82 valence electrons. The van der Waals surface area contributed by atoms with E-state index in [1.165, 1.54) is 11.3 Å². The zero-order valence-electron chi connectivity index (χ0n) is 7.91. The van der Waals surface area contributed by atoms with Crippen LogP contribution in [0, 0.1) is 10.1 Å². The molecule has 1 N–H and O–H groups in total. The molecule has 1 aromatic rings. The third-order valence-electron chi connectivity index (χ3n) is 2.56. The SMILES string of the molecule is O=[N+]([O-])[C@@H]1CO[C@H](O)C[C@H]1c1cccs1. The van der Waals surface area contributed by atoms with Gasteiger partial charge in [-0.25, -0.2) is 0 Å². The first-order chi connectivity index (χ1) is 7.18. The molecule has 1 fully saturated rings. The largest absolute Gasteiger partial charge is 0.368 e. The quantitative estimate of drug-likeness (QED) is 0.611. The van der Waals surface area contributed by atoms with Crippen LogP contribution in [0.15, 0.2) is 17.5 Å². The Bertz CT molecular complexity index is 340. The minimum absolute atomic E-state index is 0.0171. The Morgan fingerprint density at radius 3 is 3.07 bits per heavy atom. The Labute approximate surface area is 90.5 Å². The van der Waals surface area contributed by atoms with Gasteiger partial charge in [-0.3, -0.25) is 10.1 Å². The lowest BCUT2D eigenvalue weighted by Gasteiger charge is -2.28. The summed E-state index contributed by atoms with van der Waals surface area (Å²) < 4.78 is 4.90. The minimum atomic E-state index is -0.881. The summed E-state index contributed by atoms with van der Waals surface area (Å²) in [7, 11) is 0. The molecule has 1 aliphatic rings. The van der Waals surface area contributed by atoms with Crippen LogP contribution < -0.4 is 0 Å². The number of ether oxygens (including phenoxy) is 1. The molecule has 0 saturated carbocycles. The van der Waals surface area contributed by atoms with Gasteiger partial charge in [-0.1, -0.05) is 6.07 Å². The maximum absolute atomic E-state index is 10.8. The summed E-state index contributed by atoms with van der Waals surface area (Å²) in [6, 6.07) is 2.98. The third-order valence-corrected chi connectivity index (χ3v) is 3.56. The van der Waals surface area contributed by atoms with Crippen LogP contribution in [0.4, 0.5) is 0 Å². The highest BCUT2D eigenvalue weighted by Crippen LogP contribution is 2.33. The number of hydrogen-bond acceptors (Lipinski definition) is 5. The van der Waals surface area contributed by atoms with Crippen molar-refractivity contribution in [2.45, 2.75) is 24.7 Å². The van der Waals surface area contributed by atoms with Crippen LogP contribution in [0.5, 0.6) is 0 Å². The lowest BCUT2D eigenvalue weighted by molar-refractivity contribution is -0.538. The molecule has 0 aromatic carbocycles. The predicted octanol–water partition coefficient (Wildman–Crippen LogP) is 1.22. The second-order valence-electron chi connectivity index (χ2n) is 3.50. The summed E-state index contributed by atoms with van der Waals surface area (Å²) in [6.45, 7) is -0.0171. The number of nitrogens with zero attached hydrogens (tertiary/aromatic N) is 1. The zero-order chi connectivity index (χ0) is 10.8. The molecule has 1 aromatic heterocycles. The fraction of sp³-hybridized carbons (Fsp3) is 0.556. The summed E-state index contributed by atoms with van der Waals surface area (Å²) in [5.74, 6) is -0.233. The van der Waals surface area contributed by atoms with Crippen LogP contribution >= 0.6 is 11.3 Å². The first-order valence-corrected chi connectivity index (χ1v) is 5.53. The van der Waals surface area contributed by atoms with Crippen LogP contribution in [0.1, 0.15) is 17.2 Å². The van der Waals surface area contributed by atoms with Gasteiger partial charge in [0.05, 0.1) is 5.92 Å². The van der Waals surface area contributed by atoms with Gasteiger partial charge < -0.3 is 9.84 Å². The average molecular weight is 229 g/mol. The van der Waals surface area contributed by atoms with E-state index in [1.807, 2.05) is 17.5 Å². The molecule has 1 aliphatic heterocycles. The van der Waals surface area contributed by atoms with Gasteiger partial charge in [0.1, 0.15) is 6.61 Å². The van der Waals surface area contributed by atoms with Crippen molar-refractivity contribution in [3.63, 3.8) is 0 Å². The van der Waals surface area contributed by atoms with E-state index in [9.17, 15) is 15.2 Å². The van der Waals surface area contributed by atoms with Crippen molar-refractivity contribution < 1.29 is 14.8 Å². The summed E-state index contributed by atoms with van der Waals surface area (Å²) in [4.78, 5) is 11.4. The van der Waals surface area contributed by atoms with E-state index in [0.29, 0.717) is 6.42 Å². The van der Waals surface area contributed by atoms with Crippen molar-refractivity contribution in [3.05, 3.63) is 32.5 Å². The third kappa shape index (κ3) is 2.17. The van der Waals surface area contributed by atoms with Crippen LogP contribution in [0.3, 0.4) is 0 Å². The first kappa shape index (κ1) is 10.5. The molecule has 0 amide bonds. The summed E-state index contributed by atoms with van der Waals surface area (Å²) in [5, 5.41) is 22.0. The highest BCUT2D eigenvalue weighted by molar-refractivity contribution is 7.10. The molecule has 0 bridgehead atoms. The topological polar surface area (TPSA) is 72.6 Å². The summed E-state index contributed by atoms with van der Waals surface area (Å²) in [6.07, 6.45) is -0.583. The molecule has 6 heteroatoms. The van der Waals surface area contributed by atoms with Gasteiger partial charge >= 0.3 is 0 Å². The van der Waals surface area contributed by atoms with E-state index in [4.69, 9.17) is 4.74 Å². The first-order valence-electron chi connectivity index (χ1n) is 4.65. The van der Waals surface area contributed by atoms with E-state index in [-0.39, 0.29) is 17.4 Å². The second-order valence-corrected chi connectivity index (χ2v) is 4.48. The average Bonchev–Trinajstić information content (AvgIpc) is 2.69. The monoisotopic (exact) mass is 229 g/mol. The molecule has 5 nitrogen and oxygen atoms in total. The van der Waals surface area contributed by atoms with Gasteiger partial charge in [-0.05, 0) is 11.4 Å². The molecule has 2 heterocycles. The van der Waals surface area contributed by atoms with Gasteiger partial charge in [0.15, 0.2) is 6.29 Å². The Hall–Kier alpha value is -0.980. The summed E-state index contributed by atoms with van der Waals surface area (Å²) >= 11 is 1.48. The van der Waals surface area contributed by atoms with Crippen LogP contribution in [0.25, 0.3) is 0 Å². The number of rotatable bonds is 2. The number of thiophene rings is 1. The molecule has 3 atom stereocenters. The Morgan fingerprint density at radius 2 is 2.47 bits per heavy atom. The van der Waals surface area contributed by atoms with E-state index in [1.54, 1.807) is 0 Å². The molecular weight excluding hydrogens is 218 g/mol. The lowest BCUT2D eigenvalue weighted by atomic mass is 9.93.